The molecule has 1 saturated heterocycles. The molecule has 0 aromatic carbocycles. The number of ether oxygens (including phenoxy) is 4. The summed E-state index contributed by atoms with van der Waals surface area (Å²) >= 11 is 0. The van der Waals surface area contributed by atoms with Gasteiger partial charge in [-0.15, -0.1) is 0 Å². The molecule has 12 nitrogen and oxygen atoms in total. The predicted molar refractivity (Wildman–Crippen MR) is 247 cm³/mol. The van der Waals surface area contributed by atoms with Gasteiger partial charge in [-0.2, -0.15) is 8.42 Å². The van der Waals surface area contributed by atoms with E-state index in [1.54, 1.807) is 0 Å². The number of hydrogen-bond acceptors (Lipinski definition) is 11. The zero-order valence-electron chi connectivity index (χ0n) is 39.5. The van der Waals surface area contributed by atoms with Crippen LogP contribution >= 0.6 is 0 Å². The monoisotopic (exact) mass is 907 g/mol. The quantitative estimate of drug-likeness (QED) is 0.0258. The fraction of sp³-hybridized carbons (Fsp3) is 0.959. The zero-order chi connectivity index (χ0) is 45.5. The van der Waals surface area contributed by atoms with Gasteiger partial charge in [-0.25, -0.2) is 0 Å². The normalized spacial score (nSPS) is 19.7. The van der Waals surface area contributed by atoms with Gasteiger partial charge in [0.2, 0.25) is 0 Å². The summed E-state index contributed by atoms with van der Waals surface area (Å²) in [6.07, 6.45) is 32.8. The minimum Gasteiger partial charge on any atom is -0.462 e. The van der Waals surface area contributed by atoms with Crippen molar-refractivity contribution in [2.24, 2.45) is 0 Å². The highest BCUT2D eigenvalue weighted by Gasteiger charge is 2.46. The number of esters is 2. The number of hydrogen-bond donors (Lipinski definition) is 4. The molecule has 4 N–H and O–H groups in total. The Morgan fingerprint density at radius 2 is 0.823 bits per heavy atom. The summed E-state index contributed by atoms with van der Waals surface area (Å²) in [5.74, 6) is -1.96. The SMILES string of the molecule is CCCCCCCCCCCCCCCCCCCCCC(=O)OC(COC(=O)CCCCCCCCCCCCCCCCC)COC1OC(CS(=O)(=O)O)C(O)C(O)C1O. The molecule has 0 aliphatic carbocycles. The van der Waals surface area contributed by atoms with Crippen LogP contribution in [-0.4, -0.2) is 96.0 Å². The van der Waals surface area contributed by atoms with Crippen LogP contribution in [-0.2, 0) is 38.7 Å². The van der Waals surface area contributed by atoms with Crippen molar-refractivity contribution in [3.63, 3.8) is 0 Å². The summed E-state index contributed by atoms with van der Waals surface area (Å²) in [5.41, 5.74) is 0. The Kier molecular flexibility index (Phi) is 37.8. The second kappa shape index (κ2) is 40.0. The molecule has 1 heterocycles. The maximum atomic E-state index is 12.9. The summed E-state index contributed by atoms with van der Waals surface area (Å²) in [6.45, 7) is 3.81. The van der Waals surface area contributed by atoms with Crippen molar-refractivity contribution in [2.45, 2.75) is 282 Å². The molecule has 0 amide bonds. The lowest BCUT2D eigenvalue weighted by Crippen LogP contribution is -2.60. The van der Waals surface area contributed by atoms with Crippen LogP contribution < -0.4 is 0 Å². The van der Waals surface area contributed by atoms with Gasteiger partial charge >= 0.3 is 11.9 Å². The summed E-state index contributed by atoms with van der Waals surface area (Å²) in [7, 11) is -4.60. The van der Waals surface area contributed by atoms with Crippen LogP contribution in [0.1, 0.15) is 245 Å². The van der Waals surface area contributed by atoms with Gasteiger partial charge in [0.25, 0.3) is 10.1 Å². The lowest BCUT2D eigenvalue weighted by atomic mass is 10.00. The Hall–Kier alpha value is -1.35. The van der Waals surface area contributed by atoms with Gasteiger partial charge in [0, 0.05) is 12.8 Å². The molecule has 0 spiro atoms. The highest BCUT2D eigenvalue weighted by Crippen LogP contribution is 2.24. The molecule has 62 heavy (non-hydrogen) atoms. The highest BCUT2D eigenvalue weighted by molar-refractivity contribution is 7.85. The number of rotatable bonds is 44. The van der Waals surface area contributed by atoms with E-state index >= 15 is 0 Å². The molecule has 0 aromatic rings. The van der Waals surface area contributed by atoms with Gasteiger partial charge < -0.3 is 34.3 Å². The van der Waals surface area contributed by atoms with Crippen LogP contribution in [0.4, 0.5) is 0 Å². The maximum Gasteiger partial charge on any atom is 0.306 e. The van der Waals surface area contributed by atoms with Crippen molar-refractivity contribution in [2.75, 3.05) is 19.0 Å². The Labute approximate surface area is 378 Å². The van der Waals surface area contributed by atoms with Crippen molar-refractivity contribution < 1.29 is 56.8 Å². The van der Waals surface area contributed by atoms with Crippen molar-refractivity contribution >= 4 is 22.1 Å². The Bertz CT molecular complexity index is 1150. The first-order chi connectivity index (χ1) is 30.0. The van der Waals surface area contributed by atoms with E-state index in [-0.39, 0.29) is 19.4 Å². The van der Waals surface area contributed by atoms with E-state index in [9.17, 15) is 37.9 Å². The van der Waals surface area contributed by atoms with E-state index in [1.807, 2.05) is 0 Å². The molecule has 13 heteroatoms. The van der Waals surface area contributed by atoms with Crippen LogP contribution in [0.5, 0.6) is 0 Å². The van der Waals surface area contributed by atoms with Gasteiger partial charge in [-0.3, -0.25) is 14.1 Å². The van der Waals surface area contributed by atoms with Gasteiger partial charge in [0.05, 0.1) is 6.61 Å². The molecule has 0 radical (unpaired) electrons. The fourth-order valence-electron chi connectivity index (χ4n) is 8.21. The molecule has 6 atom stereocenters. The first-order valence-corrected chi connectivity index (χ1v) is 27.2. The molecular formula is C49H94O12S. The van der Waals surface area contributed by atoms with E-state index < -0.39 is 71.2 Å². The van der Waals surface area contributed by atoms with Crippen LogP contribution in [0, 0.1) is 0 Å². The summed E-state index contributed by atoms with van der Waals surface area (Å²) in [5, 5.41) is 31.0. The Morgan fingerprint density at radius 3 is 1.18 bits per heavy atom. The van der Waals surface area contributed by atoms with E-state index in [0.29, 0.717) is 12.8 Å². The molecule has 368 valence electrons. The first kappa shape index (κ1) is 58.7. The third kappa shape index (κ3) is 34.1. The fourth-order valence-corrected chi connectivity index (χ4v) is 8.90. The van der Waals surface area contributed by atoms with Crippen LogP contribution in [0.25, 0.3) is 0 Å². The maximum absolute atomic E-state index is 12.9. The van der Waals surface area contributed by atoms with Gasteiger partial charge in [0.1, 0.15) is 36.8 Å². The molecule has 1 aliphatic rings. The third-order valence-electron chi connectivity index (χ3n) is 12.2. The third-order valence-corrected chi connectivity index (χ3v) is 12.9. The van der Waals surface area contributed by atoms with E-state index in [1.165, 1.54) is 167 Å². The Morgan fingerprint density at radius 1 is 0.484 bits per heavy atom. The zero-order valence-corrected chi connectivity index (χ0v) is 40.3. The molecular weight excluding hydrogens is 813 g/mol. The van der Waals surface area contributed by atoms with Crippen molar-refractivity contribution in [3.8, 4) is 0 Å². The molecule has 6 unspecified atom stereocenters. The smallest absolute Gasteiger partial charge is 0.306 e. The van der Waals surface area contributed by atoms with Crippen molar-refractivity contribution in [1.82, 2.24) is 0 Å². The van der Waals surface area contributed by atoms with Gasteiger partial charge in [-0.1, -0.05) is 219 Å². The van der Waals surface area contributed by atoms with Gasteiger partial charge in [0.15, 0.2) is 12.4 Å². The van der Waals surface area contributed by atoms with E-state index in [0.717, 1.165) is 38.5 Å². The minimum absolute atomic E-state index is 0.173. The van der Waals surface area contributed by atoms with E-state index in [2.05, 4.69) is 13.8 Å². The number of unbranched alkanes of at least 4 members (excludes halogenated alkanes) is 32. The lowest BCUT2D eigenvalue weighted by Gasteiger charge is -2.40. The van der Waals surface area contributed by atoms with Gasteiger partial charge in [-0.05, 0) is 12.8 Å². The average Bonchev–Trinajstić information content (AvgIpc) is 3.24. The second-order valence-electron chi connectivity index (χ2n) is 18.2. The van der Waals surface area contributed by atoms with Crippen LogP contribution in [0.3, 0.4) is 0 Å². The molecule has 1 rings (SSSR count). The van der Waals surface area contributed by atoms with E-state index in [4.69, 9.17) is 18.9 Å². The number of carbonyl (C=O) groups excluding carboxylic acids is 2. The van der Waals surface area contributed by atoms with Crippen LogP contribution in [0.15, 0.2) is 0 Å². The lowest BCUT2D eigenvalue weighted by molar-refractivity contribution is -0.297. The van der Waals surface area contributed by atoms with Crippen molar-refractivity contribution in [1.29, 1.82) is 0 Å². The second-order valence-corrected chi connectivity index (χ2v) is 19.7. The predicted octanol–water partition coefficient (Wildman–Crippen LogP) is 11.2. The highest BCUT2D eigenvalue weighted by atomic mass is 32.2. The number of carbonyl (C=O) groups is 2. The summed E-state index contributed by atoms with van der Waals surface area (Å²) in [6, 6.07) is 0. The summed E-state index contributed by atoms with van der Waals surface area (Å²) < 4.78 is 54.2. The standard InChI is InChI=1S/C49H94O12S/c1-3-5-7-9-11-13-15-17-19-20-21-22-24-26-28-30-32-34-36-38-45(51)60-42(40-59-49-48(54)47(53)46(52)43(61-49)41-62(55,56)57)39-58-44(50)37-35-33-31-29-27-25-23-18-16-14-12-10-8-6-4-2/h42-43,46-49,52-54H,3-41H2,1-2H3,(H,55,56,57). The molecule has 0 aromatic heterocycles. The average molecular weight is 907 g/mol. The Balaban J connectivity index is 2.36. The van der Waals surface area contributed by atoms with Crippen LogP contribution in [0.2, 0.25) is 0 Å². The number of aliphatic hydroxyl groups is 3. The molecule has 0 bridgehead atoms. The molecule has 1 aliphatic heterocycles. The minimum atomic E-state index is -4.60. The topological polar surface area (TPSA) is 186 Å². The largest absolute Gasteiger partial charge is 0.462 e. The molecule has 1 fully saturated rings. The summed E-state index contributed by atoms with van der Waals surface area (Å²) in [4.78, 5) is 25.5. The number of aliphatic hydroxyl groups excluding tert-OH is 3. The van der Waals surface area contributed by atoms with Crippen molar-refractivity contribution in [3.05, 3.63) is 0 Å². The molecule has 0 saturated carbocycles. The first-order valence-electron chi connectivity index (χ1n) is 25.6.